The molecule has 18 heavy (non-hydrogen) atoms. The maximum atomic E-state index is 5.10. The number of nitrogens with zero attached hydrogens (tertiary/aromatic N) is 2. The molecule has 1 heterocycles. The molecule has 1 rings (SSSR count). The quantitative estimate of drug-likeness (QED) is 0.672. The first-order valence-electron chi connectivity index (χ1n) is 6.20. The summed E-state index contributed by atoms with van der Waals surface area (Å²) >= 11 is 0. The minimum absolute atomic E-state index is 0.728. The van der Waals surface area contributed by atoms with Crippen LogP contribution >= 0.6 is 0 Å². The molecule has 1 N–H and O–H groups in total. The number of rotatable bonds is 9. The highest BCUT2D eigenvalue weighted by atomic mass is 16.5. The summed E-state index contributed by atoms with van der Waals surface area (Å²) in [4.78, 5) is 6.73. The average molecular weight is 249 g/mol. The molecule has 0 amide bonds. The third-order valence-corrected chi connectivity index (χ3v) is 2.65. The maximum absolute atomic E-state index is 5.10. The molecule has 0 aliphatic rings. The van der Waals surface area contributed by atoms with Gasteiger partial charge in [0.1, 0.15) is 0 Å². The molecule has 4 nitrogen and oxygen atoms in total. The van der Waals surface area contributed by atoms with Gasteiger partial charge in [0.05, 0.1) is 12.3 Å². The Morgan fingerprint density at radius 3 is 2.89 bits per heavy atom. The van der Waals surface area contributed by atoms with E-state index < -0.39 is 0 Å². The van der Waals surface area contributed by atoms with Crippen molar-refractivity contribution in [3.05, 3.63) is 42.2 Å². The number of aromatic nitrogens is 1. The summed E-state index contributed by atoms with van der Waals surface area (Å²) in [5.74, 6) is 0. The van der Waals surface area contributed by atoms with Crippen molar-refractivity contribution in [1.82, 2.24) is 15.2 Å². The van der Waals surface area contributed by atoms with Gasteiger partial charge in [-0.1, -0.05) is 12.1 Å². The van der Waals surface area contributed by atoms with E-state index in [4.69, 9.17) is 4.74 Å². The maximum Gasteiger partial charge on any atom is 0.0589 e. The van der Waals surface area contributed by atoms with Gasteiger partial charge in [0.15, 0.2) is 0 Å². The monoisotopic (exact) mass is 249 g/mol. The van der Waals surface area contributed by atoms with Crippen LogP contribution in [0.2, 0.25) is 0 Å². The molecule has 0 saturated heterocycles. The van der Waals surface area contributed by atoms with Crippen molar-refractivity contribution in [2.75, 3.05) is 33.9 Å². The van der Waals surface area contributed by atoms with Crippen LogP contribution in [0.25, 0.3) is 0 Å². The Morgan fingerprint density at radius 2 is 2.33 bits per heavy atom. The Balaban J connectivity index is 2.53. The standard InChI is InChI=1S/C14H23N3O/c1-4-7-17(8-9-18-3)12-14-6-5-13(10-15-2)11-16-14/h4-6,11,15H,1,7-10,12H2,2-3H3. The number of hydrogen-bond donors (Lipinski definition) is 1. The van der Waals surface area contributed by atoms with Gasteiger partial charge in [0, 0.05) is 39.5 Å². The van der Waals surface area contributed by atoms with Crippen molar-refractivity contribution in [3.8, 4) is 0 Å². The van der Waals surface area contributed by atoms with E-state index in [-0.39, 0.29) is 0 Å². The zero-order chi connectivity index (χ0) is 13.2. The van der Waals surface area contributed by atoms with Crippen LogP contribution in [0.15, 0.2) is 31.0 Å². The summed E-state index contributed by atoms with van der Waals surface area (Å²) < 4.78 is 5.10. The fourth-order valence-electron chi connectivity index (χ4n) is 1.72. The van der Waals surface area contributed by atoms with Crippen molar-refractivity contribution < 1.29 is 4.74 Å². The Labute approximate surface area is 110 Å². The molecule has 100 valence electrons. The van der Waals surface area contributed by atoms with Gasteiger partial charge >= 0.3 is 0 Å². The van der Waals surface area contributed by atoms with E-state index >= 15 is 0 Å². The van der Waals surface area contributed by atoms with Crippen LogP contribution in [-0.4, -0.2) is 43.7 Å². The molecule has 0 spiro atoms. The Kier molecular flexibility index (Phi) is 7.25. The number of pyridine rings is 1. The van der Waals surface area contributed by atoms with Crippen molar-refractivity contribution >= 4 is 0 Å². The van der Waals surface area contributed by atoms with Gasteiger partial charge in [0.2, 0.25) is 0 Å². The molecule has 1 aromatic heterocycles. The summed E-state index contributed by atoms with van der Waals surface area (Å²) in [6.07, 6.45) is 3.83. The molecule has 4 heteroatoms. The number of ether oxygens (including phenoxy) is 1. The first kappa shape index (κ1) is 14.8. The van der Waals surface area contributed by atoms with Crippen molar-refractivity contribution in [2.24, 2.45) is 0 Å². The highest BCUT2D eigenvalue weighted by molar-refractivity contribution is 5.13. The molecule has 0 unspecified atom stereocenters. The Hall–Kier alpha value is -1.23. The van der Waals surface area contributed by atoms with Crippen LogP contribution < -0.4 is 5.32 Å². The van der Waals surface area contributed by atoms with Crippen LogP contribution in [0.5, 0.6) is 0 Å². The van der Waals surface area contributed by atoms with E-state index in [9.17, 15) is 0 Å². The molecule has 0 fully saturated rings. The first-order chi connectivity index (χ1) is 8.80. The van der Waals surface area contributed by atoms with Gasteiger partial charge in [-0.15, -0.1) is 6.58 Å². The second-order valence-corrected chi connectivity index (χ2v) is 4.20. The van der Waals surface area contributed by atoms with Gasteiger partial charge in [-0.3, -0.25) is 9.88 Å². The lowest BCUT2D eigenvalue weighted by Gasteiger charge is -2.19. The lowest BCUT2D eigenvalue weighted by atomic mass is 10.2. The van der Waals surface area contributed by atoms with E-state index in [1.807, 2.05) is 19.3 Å². The number of hydrogen-bond acceptors (Lipinski definition) is 4. The van der Waals surface area contributed by atoms with Gasteiger partial charge < -0.3 is 10.1 Å². The third kappa shape index (κ3) is 5.40. The van der Waals surface area contributed by atoms with Gasteiger partial charge in [-0.05, 0) is 18.7 Å². The van der Waals surface area contributed by atoms with Crippen molar-refractivity contribution in [2.45, 2.75) is 13.1 Å². The molecule has 0 saturated carbocycles. The fourth-order valence-corrected chi connectivity index (χ4v) is 1.72. The minimum Gasteiger partial charge on any atom is -0.383 e. The van der Waals surface area contributed by atoms with E-state index in [2.05, 4.69) is 33.9 Å². The van der Waals surface area contributed by atoms with Crippen LogP contribution in [0.1, 0.15) is 11.3 Å². The predicted molar refractivity (Wildman–Crippen MR) is 74.4 cm³/mol. The van der Waals surface area contributed by atoms with E-state index in [0.717, 1.165) is 38.5 Å². The number of nitrogens with one attached hydrogen (secondary N) is 1. The Morgan fingerprint density at radius 1 is 1.50 bits per heavy atom. The van der Waals surface area contributed by atoms with Crippen molar-refractivity contribution in [1.29, 1.82) is 0 Å². The molecule has 0 radical (unpaired) electrons. The lowest BCUT2D eigenvalue weighted by Crippen LogP contribution is -2.27. The van der Waals surface area contributed by atoms with E-state index in [1.54, 1.807) is 7.11 Å². The zero-order valence-electron chi connectivity index (χ0n) is 11.4. The van der Waals surface area contributed by atoms with Gasteiger partial charge in [-0.25, -0.2) is 0 Å². The van der Waals surface area contributed by atoms with Crippen LogP contribution in [-0.2, 0) is 17.8 Å². The molecule has 0 atom stereocenters. The zero-order valence-corrected chi connectivity index (χ0v) is 11.4. The molecule has 1 aromatic rings. The summed E-state index contributed by atoms with van der Waals surface area (Å²) in [6.45, 7) is 7.93. The van der Waals surface area contributed by atoms with Gasteiger partial charge in [-0.2, -0.15) is 0 Å². The summed E-state index contributed by atoms with van der Waals surface area (Å²) in [6, 6.07) is 4.19. The predicted octanol–water partition coefficient (Wildman–Crippen LogP) is 1.44. The molecule has 0 aliphatic heterocycles. The van der Waals surface area contributed by atoms with E-state index in [1.165, 1.54) is 5.56 Å². The lowest BCUT2D eigenvalue weighted by molar-refractivity contribution is 0.150. The molecule has 0 aromatic carbocycles. The SMILES string of the molecule is C=CCN(CCOC)Cc1ccc(CNC)cn1. The summed E-state index contributed by atoms with van der Waals surface area (Å²) in [7, 11) is 3.65. The Bertz CT molecular complexity index is 337. The largest absolute Gasteiger partial charge is 0.383 e. The second kappa shape index (κ2) is 8.80. The van der Waals surface area contributed by atoms with Crippen molar-refractivity contribution in [3.63, 3.8) is 0 Å². The molecule has 0 bridgehead atoms. The number of methoxy groups -OCH3 is 1. The van der Waals surface area contributed by atoms with Crippen LogP contribution in [0.3, 0.4) is 0 Å². The minimum atomic E-state index is 0.728. The smallest absolute Gasteiger partial charge is 0.0589 e. The summed E-state index contributed by atoms with van der Waals surface area (Å²) in [5, 5.41) is 3.11. The molecular weight excluding hydrogens is 226 g/mol. The van der Waals surface area contributed by atoms with Gasteiger partial charge in [0.25, 0.3) is 0 Å². The first-order valence-corrected chi connectivity index (χ1v) is 6.20. The fraction of sp³-hybridized carbons (Fsp3) is 0.500. The summed E-state index contributed by atoms with van der Waals surface area (Å²) in [5.41, 5.74) is 2.28. The highest BCUT2D eigenvalue weighted by Crippen LogP contribution is 2.04. The third-order valence-electron chi connectivity index (χ3n) is 2.65. The normalized spacial score (nSPS) is 10.8. The van der Waals surface area contributed by atoms with Crippen LogP contribution in [0.4, 0.5) is 0 Å². The highest BCUT2D eigenvalue weighted by Gasteiger charge is 2.05. The molecule has 0 aliphatic carbocycles. The second-order valence-electron chi connectivity index (χ2n) is 4.20. The molecular formula is C14H23N3O. The van der Waals surface area contributed by atoms with E-state index in [0.29, 0.717) is 0 Å². The average Bonchev–Trinajstić information content (AvgIpc) is 2.39. The topological polar surface area (TPSA) is 37.4 Å². The van der Waals surface area contributed by atoms with Crippen LogP contribution in [0, 0.1) is 0 Å².